The number of fused-ring (bicyclic) bond motifs is 1. The van der Waals surface area contributed by atoms with Gasteiger partial charge in [-0.25, -0.2) is 4.98 Å². The predicted molar refractivity (Wildman–Crippen MR) is 99.9 cm³/mol. The molecule has 0 bridgehead atoms. The zero-order valence-electron chi connectivity index (χ0n) is 13.4. The van der Waals surface area contributed by atoms with Gasteiger partial charge in [-0.05, 0) is 32.0 Å². The van der Waals surface area contributed by atoms with Gasteiger partial charge in [-0.1, -0.05) is 29.8 Å². The minimum atomic E-state index is 0.0331. The zero-order chi connectivity index (χ0) is 16.7. The van der Waals surface area contributed by atoms with Gasteiger partial charge in [0.25, 0.3) is 5.56 Å². The lowest BCUT2D eigenvalue weighted by atomic mass is 10.1. The minimum absolute atomic E-state index is 0.0331. The Balaban J connectivity index is 1.79. The lowest BCUT2D eigenvalue weighted by Gasteiger charge is -2.12. The van der Waals surface area contributed by atoms with Crippen LogP contribution in [0.2, 0.25) is 5.02 Å². The molecular weight excluding hydrogens is 342 g/mol. The molecule has 1 fully saturated rings. The maximum Gasteiger partial charge on any atom is 0.262 e. The van der Waals surface area contributed by atoms with E-state index in [0.29, 0.717) is 16.3 Å². The van der Waals surface area contributed by atoms with Crippen molar-refractivity contribution in [1.82, 2.24) is 14.5 Å². The van der Waals surface area contributed by atoms with Crippen LogP contribution >= 0.6 is 22.9 Å². The molecule has 1 aliphatic heterocycles. The highest BCUT2D eigenvalue weighted by Gasteiger charge is 2.21. The first kappa shape index (κ1) is 15.8. The zero-order valence-corrected chi connectivity index (χ0v) is 15.0. The molecule has 2 aromatic heterocycles. The third-order valence-corrected chi connectivity index (χ3v) is 5.88. The minimum Gasteiger partial charge on any atom is -0.306 e. The Kier molecular flexibility index (Phi) is 4.16. The molecule has 0 N–H and O–H groups in total. The van der Waals surface area contributed by atoms with Crippen LogP contribution in [0, 0.1) is 5.92 Å². The van der Waals surface area contributed by atoms with E-state index < -0.39 is 0 Å². The van der Waals surface area contributed by atoms with Gasteiger partial charge >= 0.3 is 0 Å². The summed E-state index contributed by atoms with van der Waals surface area (Å²) >= 11 is 7.82. The number of hydrogen-bond acceptors (Lipinski definition) is 4. The smallest absolute Gasteiger partial charge is 0.262 e. The van der Waals surface area contributed by atoms with Crippen LogP contribution in [-0.4, -0.2) is 34.6 Å². The Bertz CT molecular complexity index is 949. The average molecular weight is 360 g/mol. The molecule has 0 amide bonds. The largest absolute Gasteiger partial charge is 0.306 e. The first-order valence-electron chi connectivity index (χ1n) is 8.03. The van der Waals surface area contributed by atoms with E-state index in [-0.39, 0.29) is 5.56 Å². The number of rotatable bonds is 3. The highest BCUT2D eigenvalue weighted by atomic mass is 35.5. The highest BCUT2D eigenvalue weighted by molar-refractivity contribution is 7.17. The number of halogens is 1. The summed E-state index contributed by atoms with van der Waals surface area (Å²) in [6.45, 7) is 2.85. The third-order valence-electron chi connectivity index (χ3n) is 4.67. The molecular formula is C18H18ClN3OS. The van der Waals surface area contributed by atoms with Gasteiger partial charge in [0.05, 0.1) is 11.7 Å². The van der Waals surface area contributed by atoms with Gasteiger partial charge in [-0.2, -0.15) is 0 Å². The molecule has 3 aromatic rings. The van der Waals surface area contributed by atoms with E-state index in [1.54, 1.807) is 10.9 Å². The van der Waals surface area contributed by atoms with E-state index in [1.165, 1.54) is 11.3 Å². The van der Waals surface area contributed by atoms with Gasteiger partial charge in [0, 0.05) is 34.6 Å². The summed E-state index contributed by atoms with van der Waals surface area (Å²) in [5.41, 5.74) is 1.81. The van der Waals surface area contributed by atoms with Crippen molar-refractivity contribution in [2.45, 2.75) is 13.0 Å². The van der Waals surface area contributed by atoms with Crippen molar-refractivity contribution in [3.05, 3.63) is 51.3 Å². The first-order valence-corrected chi connectivity index (χ1v) is 9.29. The third kappa shape index (κ3) is 2.77. The summed E-state index contributed by atoms with van der Waals surface area (Å²) in [5, 5.41) is 3.32. The van der Waals surface area contributed by atoms with Crippen LogP contribution in [0.3, 0.4) is 0 Å². The van der Waals surface area contributed by atoms with E-state index in [9.17, 15) is 4.79 Å². The van der Waals surface area contributed by atoms with Crippen LogP contribution < -0.4 is 5.56 Å². The normalized spacial score (nSPS) is 18.5. The molecule has 6 heteroatoms. The van der Waals surface area contributed by atoms with Gasteiger partial charge in [0.15, 0.2) is 0 Å². The summed E-state index contributed by atoms with van der Waals surface area (Å²) in [6, 6.07) is 7.64. The molecule has 0 saturated carbocycles. The molecule has 0 aliphatic carbocycles. The van der Waals surface area contributed by atoms with Gasteiger partial charge in [0.2, 0.25) is 0 Å². The van der Waals surface area contributed by atoms with E-state index in [2.05, 4.69) is 16.9 Å². The van der Waals surface area contributed by atoms with E-state index in [0.717, 1.165) is 42.0 Å². The average Bonchev–Trinajstić information content (AvgIpc) is 3.17. The summed E-state index contributed by atoms with van der Waals surface area (Å²) in [7, 11) is 2.12. The van der Waals surface area contributed by atoms with Crippen molar-refractivity contribution < 1.29 is 0 Å². The molecule has 1 aliphatic rings. The van der Waals surface area contributed by atoms with E-state index in [1.807, 2.05) is 29.6 Å². The number of aromatic nitrogens is 2. The molecule has 1 aromatic carbocycles. The Hall–Kier alpha value is -1.69. The molecule has 1 unspecified atom stereocenters. The van der Waals surface area contributed by atoms with Crippen LogP contribution in [0.4, 0.5) is 0 Å². The topological polar surface area (TPSA) is 38.1 Å². The van der Waals surface area contributed by atoms with Crippen molar-refractivity contribution in [1.29, 1.82) is 0 Å². The molecule has 124 valence electrons. The van der Waals surface area contributed by atoms with Crippen LogP contribution in [0.1, 0.15) is 6.42 Å². The standard InChI is InChI=1S/C18H18ClN3OS/c1-21-7-6-12(8-21)9-22-11-20-17-16(18(22)23)14(10-24-17)13-4-2-3-5-15(13)19/h2-5,10-12H,6-9H2,1H3. The van der Waals surface area contributed by atoms with E-state index >= 15 is 0 Å². The summed E-state index contributed by atoms with van der Waals surface area (Å²) in [6.07, 6.45) is 2.82. The van der Waals surface area contributed by atoms with Crippen molar-refractivity contribution in [2.75, 3.05) is 20.1 Å². The molecule has 4 rings (SSSR count). The quantitative estimate of drug-likeness (QED) is 0.715. The number of likely N-dealkylation sites (tertiary alicyclic amines) is 1. The van der Waals surface area contributed by atoms with Crippen molar-refractivity contribution in [3.8, 4) is 11.1 Å². The molecule has 3 heterocycles. The summed E-state index contributed by atoms with van der Waals surface area (Å²) < 4.78 is 1.76. The maximum absolute atomic E-state index is 13.0. The number of thiophene rings is 1. The number of benzene rings is 1. The summed E-state index contributed by atoms with van der Waals surface area (Å²) in [5.74, 6) is 0.509. The first-order chi connectivity index (χ1) is 11.6. The van der Waals surface area contributed by atoms with Crippen LogP contribution in [0.15, 0.2) is 40.8 Å². The van der Waals surface area contributed by atoms with Crippen LogP contribution in [0.5, 0.6) is 0 Å². The van der Waals surface area contributed by atoms with Gasteiger partial charge in [0.1, 0.15) is 4.83 Å². The number of hydrogen-bond donors (Lipinski definition) is 0. The van der Waals surface area contributed by atoms with Crippen molar-refractivity contribution in [3.63, 3.8) is 0 Å². The Labute approximate surface area is 149 Å². The van der Waals surface area contributed by atoms with Crippen LogP contribution in [0.25, 0.3) is 21.3 Å². The maximum atomic E-state index is 13.0. The van der Waals surface area contributed by atoms with Crippen molar-refractivity contribution in [2.24, 2.45) is 5.92 Å². The second-order valence-electron chi connectivity index (χ2n) is 6.43. The Morgan fingerprint density at radius 3 is 2.92 bits per heavy atom. The lowest BCUT2D eigenvalue weighted by Crippen LogP contribution is -2.25. The second-order valence-corrected chi connectivity index (χ2v) is 7.69. The summed E-state index contributed by atoms with van der Waals surface area (Å²) in [4.78, 5) is 20.6. The highest BCUT2D eigenvalue weighted by Crippen LogP contribution is 2.34. The second kappa shape index (κ2) is 6.31. The van der Waals surface area contributed by atoms with Crippen molar-refractivity contribution >= 4 is 33.2 Å². The number of nitrogens with zero attached hydrogens (tertiary/aromatic N) is 3. The van der Waals surface area contributed by atoms with Gasteiger partial charge in [-0.3, -0.25) is 9.36 Å². The molecule has 24 heavy (non-hydrogen) atoms. The fraction of sp³-hybridized carbons (Fsp3) is 0.333. The van der Waals surface area contributed by atoms with Gasteiger partial charge in [-0.15, -0.1) is 11.3 Å². The fourth-order valence-corrected chi connectivity index (χ4v) is 4.56. The Morgan fingerprint density at radius 1 is 1.33 bits per heavy atom. The van der Waals surface area contributed by atoms with Crippen LogP contribution in [-0.2, 0) is 6.54 Å². The Morgan fingerprint density at radius 2 is 2.17 bits per heavy atom. The SMILES string of the molecule is CN1CCC(Cn2cnc3scc(-c4ccccc4Cl)c3c2=O)C1. The molecule has 4 nitrogen and oxygen atoms in total. The predicted octanol–water partition coefficient (Wildman–Crippen LogP) is 3.73. The lowest BCUT2D eigenvalue weighted by molar-refractivity contribution is 0.375. The molecule has 1 atom stereocenters. The molecule has 1 saturated heterocycles. The van der Waals surface area contributed by atoms with E-state index in [4.69, 9.17) is 11.6 Å². The monoisotopic (exact) mass is 359 g/mol. The van der Waals surface area contributed by atoms with Gasteiger partial charge < -0.3 is 4.90 Å². The fourth-order valence-electron chi connectivity index (χ4n) is 3.43. The molecule has 0 radical (unpaired) electrons. The molecule has 0 spiro atoms.